The van der Waals surface area contributed by atoms with E-state index < -0.39 is 21.4 Å². The lowest BCUT2D eigenvalue weighted by molar-refractivity contribution is -0.0212. The van der Waals surface area contributed by atoms with Crippen molar-refractivity contribution in [3.63, 3.8) is 0 Å². The van der Waals surface area contributed by atoms with E-state index >= 15 is 0 Å². The Morgan fingerprint density at radius 2 is 1.62 bits per heavy atom. The van der Waals surface area contributed by atoms with Crippen LogP contribution in [-0.2, 0) is 15.6 Å². The second kappa shape index (κ2) is 9.78. The number of nitrogens with zero attached hydrogens (tertiary/aromatic N) is 1. The van der Waals surface area contributed by atoms with E-state index in [1.54, 1.807) is 53.4 Å². The van der Waals surface area contributed by atoms with Gasteiger partial charge >= 0.3 is 0 Å². The average Bonchev–Trinajstić information content (AvgIpc) is 2.90. The number of likely N-dealkylation sites (tertiary alicyclic amines) is 1. The highest BCUT2D eigenvalue weighted by Gasteiger charge is 2.37. The molecule has 1 aliphatic rings. The van der Waals surface area contributed by atoms with Gasteiger partial charge in [0.05, 0.1) is 10.5 Å². The largest absolute Gasteiger partial charge is 0.385 e. The molecule has 4 aromatic rings. The van der Waals surface area contributed by atoms with Crippen molar-refractivity contribution in [1.82, 2.24) is 4.90 Å². The molecule has 1 amide bonds. The smallest absolute Gasteiger partial charge is 0.262 e. The molecule has 1 heterocycles. The van der Waals surface area contributed by atoms with Crippen LogP contribution in [0.4, 0.5) is 10.1 Å². The number of halogens is 2. The zero-order valence-electron chi connectivity index (χ0n) is 19.7. The summed E-state index contributed by atoms with van der Waals surface area (Å²) in [7, 11) is -3.85. The molecule has 9 heteroatoms. The molecular formula is C28H24ClFN2O4S. The molecule has 0 atom stereocenters. The predicted octanol–water partition coefficient (Wildman–Crippen LogP) is 5.56. The number of hydrogen-bond acceptors (Lipinski definition) is 4. The van der Waals surface area contributed by atoms with E-state index in [0.717, 1.165) is 5.39 Å². The highest BCUT2D eigenvalue weighted by Crippen LogP contribution is 2.37. The molecule has 6 nitrogen and oxygen atoms in total. The second-order valence-electron chi connectivity index (χ2n) is 9.11. The highest BCUT2D eigenvalue weighted by molar-refractivity contribution is 7.93. The van der Waals surface area contributed by atoms with Crippen LogP contribution < -0.4 is 4.72 Å². The molecule has 5 rings (SSSR count). The molecule has 0 saturated carbocycles. The number of hydrogen-bond donors (Lipinski definition) is 2. The standard InChI is InChI=1S/C28H24ClFN2O4S/c29-25-13-10-21(30)18-24(25)28(34)14-16-32(17-15-28)27(33)20-8-11-22(12-9-20)31-37(35,36)26-7-3-5-19-4-1-2-6-23(19)26/h1-13,18,31,34H,14-17H2. The Morgan fingerprint density at radius 3 is 2.35 bits per heavy atom. The van der Waals surface area contributed by atoms with Crippen LogP contribution in [0.2, 0.25) is 5.02 Å². The number of amides is 1. The molecule has 0 radical (unpaired) electrons. The Labute approximate surface area is 219 Å². The number of carbonyl (C=O) groups is 1. The van der Waals surface area contributed by atoms with Crippen LogP contribution in [0.3, 0.4) is 0 Å². The molecule has 0 spiro atoms. The Hall–Kier alpha value is -3.46. The predicted molar refractivity (Wildman–Crippen MR) is 142 cm³/mol. The van der Waals surface area contributed by atoms with Crippen LogP contribution in [0, 0.1) is 5.82 Å². The van der Waals surface area contributed by atoms with Crippen LogP contribution in [-0.4, -0.2) is 37.4 Å². The van der Waals surface area contributed by atoms with E-state index in [9.17, 15) is 22.7 Å². The van der Waals surface area contributed by atoms with Crippen LogP contribution in [0.5, 0.6) is 0 Å². The quantitative estimate of drug-likeness (QED) is 0.348. The Balaban J connectivity index is 1.27. The van der Waals surface area contributed by atoms with E-state index in [2.05, 4.69) is 4.72 Å². The number of rotatable bonds is 5. The van der Waals surface area contributed by atoms with Crippen LogP contribution in [0.1, 0.15) is 28.8 Å². The summed E-state index contributed by atoms with van der Waals surface area (Å²) in [6.45, 7) is 0.523. The van der Waals surface area contributed by atoms with Crippen LogP contribution >= 0.6 is 11.6 Å². The molecule has 0 unspecified atom stereocenters. The molecule has 1 fully saturated rings. The molecule has 2 N–H and O–H groups in total. The maximum atomic E-state index is 13.7. The molecule has 190 valence electrons. The molecule has 0 aliphatic carbocycles. The molecule has 37 heavy (non-hydrogen) atoms. The third-order valence-electron chi connectivity index (χ3n) is 6.73. The van der Waals surface area contributed by atoms with Crippen molar-refractivity contribution in [2.45, 2.75) is 23.3 Å². The van der Waals surface area contributed by atoms with Crippen molar-refractivity contribution in [3.8, 4) is 0 Å². The fraction of sp³-hybridized carbons (Fsp3) is 0.179. The van der Waals surface area contributed by atoms with Gasteiger partial charge in [-0.15, -0.1) is 0 Å². The van der Waals surface area contributed by atoms with Crippen molar-refractivity contribution >= 4 is 44.0 Å². The molecule has 4 aromatic carbocycles. The van der Waals surface area contributed by atoms with Crippen LogP contribution in [0.15, 0.2) is 89.8 Å². The monoisotopic (exact) mass is 538 g/mol. The van der Waals surface area contributed by atoms with Crippen molar-refractivity contribution in [1.29, 1.82) is 0 Å². The van der Waals surface area contributed by atoms with Gasteiger partial charge < -0.3 is 10.0 Å². The Kier molecular flexibility index (Phi) is 6.66. The summed E-state index contributed by atoms with van der Waals surface area (Å²) in [5.41, 5.74) is -0.274. The minimum absolute atomic E-state index is 0.171. The first-order chi connectivity index (χ1) is 17.7. The zero-order chi connectivity index (χ0) is 26.2. The van der Waals surface area contributed by atoms with E-state index in [1.165, 1.54) is 18.2 Å². The number of nitrogens with one attached hydrogen (secondary N) is 1. The summed E-state index contributed by atoms with van der Waals surface area (Å²) < 4.78 is 42.4. The highest BCUT2D eigenvalue weighted by atomic mass is 35.5. The molecular weight excluding hydrogens is 515 g/mol. The van der Waals surface area contributed by atoms with Crippen molar-refractivity contribution < 1.29 is 22.7 Å². The lowest BCUT2D eigenvalue weighted by Gasteiger charge is -2.39. The normalized spacial score (nSPS) is 15.5. The lowest BCUT2D eigenvalue weighted by Crippen LogP contribution is -2.45. The summed E-state index contributed by atoms with van der Waals surface area (Å²) in [5.74, 6) is -0.724. The van der Waals surface area contributed by atoms with Gasteiger partial charge in [0.2, 0.25) is 0 Å². The van der Waals surface area contributed by atoms with Gasteiger partial charge in [0.15, 0.2) is 0 Å². The number of carbonyl (C=O) groups excluding carboxylic acids is 1. The summed E-state index contributed by atoms with van der Waals surface area (Å²) in [6, 6.07) is 22.4. The number of fused-ring (bicyclic) bond motifs is 1. The van der Waals surface area contributed by atoms with Crippen molar-refractivity contribution in [3.05, 3.63) is 107 Å². The van der Waals surface area contributed by atoms with E-state index in [1.807, 2.05) is 18.2 Å². The third kappa shape index (κ3) is 5.05. The van der Waals surface area contributed by atoms with Gasteiger partial charge in [0, 0.05) is 40.3 Å². The summed E-state index contributed by atoms with van der Waals surface area (Å²) in [5, 5.41) is 12.8. The first-order valence-electron chi connectivity index (χ1n) is 11.7. The Bertz CT molecular complexity index is 1580. The number of sulfonamides is 1. The number of piperidine rings is 1. The van der Waals surface area contributed by atoms with Gasteiger partial charge in [-0.05, 0) is 66.8 Å². The zero-order valence-corrected chi connectivity index (χ0v) is 21.3. The summed E-state index contributed by atoms with van der Waals surface area (Å²) in [6.07, 6.45) is 0.426. The number of benzene rings is 4. The molecule has 1 aliphatic heterocycles. The van der Waals surface area contributed by atoms with Gasteiger partial charge in [-0.2, -0.15) is 0 Å². The van der Waals surface area contributed by atoms with Crippen molar-refractivity contribution in [2.75, 3.05) is 17.8 Å². The minimum atomic E-state index is -3.85. The average molecular weight is 539 g/mol. The SMILES string of the molecule is O=C(c1ccc(NS(=O)(=O)c2cccc3ccccc23)cc1)N1CCC(O)(c2cc(F)ccc2Cl)CC1. The fourth-order valence-corrected chi connectivity index (χ4v) is 6.29. The topological polar surface area (TPSA) is 86.7 Å². The third-order valence-corrected chi connectivity index (χ3v) is 8.50. The minimum Gasteiger partial charge on any atom is -0.385 e. The molecule has 1 saturated heterocycles. The van der Waals surface area contributed by atoms with Gasteiger partial charge in [0.1, 0.15) is 5.82 Å². The summed E-state index contributed by atoms with van der Waals surface area (Å²) >= 11 is 6.19. The van der Waals surface area contributed by atoms with E-state index in [0.29, 0.717) is 22.2 Å². The van der Waals surface area contributed by atoms with E-state index in [4.69, 9.17) is 11.6 Å². The fourth-order valence-electron chi connectivity index (χ4n) is 4.71. The maximum absolute atomic E-state index is 13.7. The van der Waals surface area contributed by atoms with Crippen LogP contribution in [0.25, 0.3) is 10.8 Å². The first-order valence-corrected chi connectivity index (χ1v) is 13.6. The second-order valence-corrected chi connectivity index (χ2v) is 11.2. The van der Waals surface area contributed by atoms with Gasteiger partial charge in [0.25, 0.3) is 15.9 Å². The molecule has 0 aromatic heterocycles. The molecule has 0 bridgehead atoms. The van der Waals surface area contributed by atoms with Gasteiger partial charge in [-0.3, -0.25) is 9.52 Å². The summed E-state index contributed by atoms with van der Waals surface area (Å²) in [4.78, 5) is 14.8. The Morgan fingerprint density at radius 1 is 0.946 bits per heavy atom. The number of anilines is 1. The maximum Gasteiger partial charge on any atom is 0.262 e. The lowest BCUT2D eigenvalue weighted by atomic mass is 9.84. The van der Waals surface area contributed by atoms with Gasteiger partial charge in [-0.25, -0.2) is 12.8 Å². The first kappa shape index (κ1) is 25.2. The van der Waals surface area contributed by atoms with Gasteiger partial charge in [-0.1, -0.05) is 48.0 Å². The van der Waals surface area contributed by atoms with Crippen molar-refractivity contribution in [2.24, 2.45) is 0 Å². The number of aliphatic hydroxyl groups is 1. The van der Waals surface area contributed by atoms with E-state index in [-0.39, 0.29) is 41.8 Å².